The summed E-state index contributed by atoms with van der Waals surface area (Å²) in [6, 6.07) is 13.1. The van der Waals surface area contributed by atoms with Gasteiger partial charge in [-0.05, 0) is 61.3 Å². The summed E-state index contributed by atoms with van der Waals surface area (Å²) in [5.74, 6) is -0.00730. The average Bonchev–Trinajstić information content (AvgIpc) is 2.77. The summed E-state index contributed by atoms with van der Waals surface area (Å²) < 4.78 is 33.1. The fourth-order valence-electron chi connectivity index (χ4n) is 2.59. The lowest BCUT2D eigenvalue weighted by Gasteiger charge is -2.32. The van der Waals surface area contributed by atoms with Gasteiger partial charge in [-0.2, -0.15) is 0 Å². The van der Waals surface area contributed by atoms with E-state index in [0.29, 0.717) is 16.8 Å². The van der Waals surface area contributed by atoms with Gasteiger partial charge in [0.1, 0.15) is 18.2 Å². The molecule has 0 saturated carbocycles. The molecule has 1 heterocycles. The summed E-state index contributed by atoms with van der Waals surface area (Å²) in [5.41, 5.74) is 0.182. The van der Waals surface area contributed by atoms with E-state index in [4.69, 9.17) is 14.0 Å². The van der Waals surface area contributed by atoms with Crippen LogP contribution in [0.25, 0.3) is 0 Å². The van der Waals surface area contributed by atoms with E-state index in [1.54, 1.807) is 12.1 Å². The van der Waals surface area contributed by atoms with Crippen molar-refractivity contribution in [2.24, 2.45) is 0 Å². The van der Waals surface area contributed by atoms with Crippen LogP contribution in [0.5, 0.6) is 5.75 Å². The maximum absolute atomic E-state index is 14.9. The van der Waals surface area contributed by atoms with Gasteiger partial charge >= 0.3 is 7.12 Å². The fourth-order valence-corrected chi connectivity index (χ4v) is 2.94. The predicted octanol–water partition coefficient (Wildman–Crippen LogP) is 4.47. The van der Waals surface area contributed by atoms with Gasteiger partial charge in [-0.1, -0.05) is 30.3 Å². The lowest BCUT2D eigenvalue weighted by atomic mass is 9.78. The Labute approximate surface area is 156 Å². The van der Waals surface area contributed by atoms with Crippen LogP contribution in [0.3, 0.4) is 0 Å². The van der Waals surface area contributed by atoms with Gasteiger partial charge in [-0.25, -0.2) is 4.39 Å². The minimum atomic E-state index is -0.826. The molecule has 25 heavy (non-hydrogen) atoms. The molecule has 0 aromatic heterocycles. The maximum atomic E-state index is 14.9. The molecule has 1 aliphatic heterocycles. The Hall–Kier alpha value is -1.37. The minimum absolute atomic E-state index is 0.281. The van der Waals surface area contributed by atoms with Gasteiger partial charge in [0.2, 0.25) is 0 Å². The van der Waals surface area contributed by atoms with Gasteiger partial charge < -0.3 is 14.0 Å². The standard InChI is InChI=1S/C19H21BBrFO3/c1-18(2)19(3,4)25-20(24-18)16-15(11-10-14(21)17(16)22)23-12-13-8-6-5-7-9-13/h5-11H,12H2,1-4H3. The first kappa shape index (κ1) is 18.4. The Bertz CT molecular complexity index is 749. The monoisotopic (exact) mass is 406 g/mol. The Morgan fingerprint density at radius 3 is 2.20 bits per heavy atom. The van der Waals surface area contributed by atoms with E-state index in [1.807, 2.05) is 58.0 Å². The summed E-state index contributed by atoms with van der Waals surface area (Å²) >= 11 is 3.24. The van der Waals surface area contributed by atoms with Gasteiger partial charge in [0.15, 0.2) is 0 Å². The second-order valence-corrected chi connectivity index (χ2v) is 7.99. The number of hydrogen-bond donors (Lipinski definition) is 0. The molecule has 132 valence electrons. The summed E-state index contributed by atoms with van der Waals surface area (Å²) in [5, 5.41) is 0. The highest BCUT2D eigenvalue weighted by Crippen LogP contribution is 2.38. The van der Waals surface area contributed by atoms with Crippen LogP contribution < -0.4 is 10.2 Å². The first-order valence-electron chi connectivity index (χ1n) is 8.21. The molecular weight excluding hydrogens is 386 g/mol. The van der Waals surface area contributed by atoms with Crippen LogP contribution in [0.4, 0.5) is 4.39 Å². The maximum Gasteiger partial charge on any atom is 0.501 e. The van der Waals surface area contributed by atoms with Crippen LogP contribution in [0.2, 0.25) is 0 Å². The van der Waals surface area contributed by atoms with Crippen LogP contribution in [-0.4, -0.2) is 18.3 Å². The molecule has 1 saturated heterocycles. The van der Waals surface area contributed by atoms with Crippen LogP contribution in [-0.2, 0) is 15.9 Å². The fraction of sp³-hybridized carbons (Fsp3) is 0.368. The average molecular weight is 407 g/mol. The Balaban J connectivity index is 1.92. The molecular formula is C19H21BBrFO3. The van der Waals surface area contributed by atoms with E-state index in [-0.39, 0.29) is 5.46 Å². The van der Waals surface area contributed by atoms with Crippen molar-refractivity contribution in [1.29, 1.82) is 0 Å². The number of benzene rings is 2. The smallest absolute Gasteiger partial charge is 0.489 e. The zero-order chi connectivity index (χ0) is 18.2. The molecule has 0 unspecified atom stereocenters. The second-order valence-electron chi connectivity index (χ2n) is 7.14. The van der Waals surface area contributed by atoms with Crippen LogP contribution in [0.1, 0.15) is 33.3 Å². The highest BCUT2D eigenvalue weighted by Gasteiger charge is 2.53. The summed E-state index contributed by atoms with van der Waals surface area (Å²) in [4.78, 5) is 0. The predicted molar refractivity (Wildman–Crippen MR) is 101 cm³/mol. The largest absolute Gasteiger partial charge is 0.501 e. The van der Waals surface area contributed by atoms with E-state index < -0.39 is 24.1 Å². The van der Waals surface area contributed by atoms with Crippen LogP contribution in [0.15, 0.2) is 46.9 Å². The van der Waals surface area contributed by atoms with Gasteiger partial charge in [0.05, 0.1) is 21.1 Å². The molecule has 0 spiro atoms. The Kier molecular flexibility index (Phi) is 4.97. The molecule has 2 aromatic rings. The zero-order valence-corrected chi connectivity index (χ0v) is 16.4. The van der Waals surface area contributed by atoms with E-state index in [9.17, 15) is 4.39 Å². The van der Waals surface area contributed by atoms with Gasteiger partial charge in [-0.3, -0.25) is 0 Å². The normalized spacial score (nSPS) is 18.4. The molecule has 0 amide bonds. The van der Waals surface area contributed by atoms with Crippen molar-refractivity contribution in [3.63, 3.8) is 0 Å². The topological polar surface area (TPSA) is 27.7 Å². The lowest BCUT2D eigenvalue weighted by Crippen LogP contribution is -2.41. The minimum Gasteiger partial charge on any atom is -0.489 e. The zero-order valence-electron chi connectivity index (χ0n) is 14.8. The van der Waals surface area contributed by atoms with Crippen molar-refractivity contribution in [3.05, 3.63) is 58.3 Å². The third-order valence-electron chi connectivity index (χ3n) is 4.82. The summed E-state index contributed by atoms with van der Waals surface area (Å²) in [7, 11) is -0.826. The van der Waals surface area contributed by atoms with Crippen LogP contribution in [0, 0.1) is 5.82 Å². The highest BCUT2D eigenvalue weighted by molar-refractivity contribution is 9.10. The van der Waals surface area contributed by atoms with Crippen molar-refractivity contribution >= 4 is 28.5 Å². The SMILES string of the molecule is CC1(C)OB(c2c(OCc3ccccc3)ccc(Br)c2F)OC1(C)C. The van der Waals surface area contributed by atoms with Crippen molar-refractivity contribution in [3.8, 4) is 5.75 Å². The number of halogens is 2. The van der Waals surface area contributed by atoms with Crippen molar-refractivity contribution in [2.75, 3.05) is 0 Å². The van der Waals surface area contributed by atoms with E-state index in [0.717, 1.165) is 5.56 Å². The van der Waals surface area contributed by atoms with Gasteiger partial charge in [0.25, 0.3) is 0 Å². The highest BCUT2D eigenvalue weighted by atomic mass is 79.9. The second kappa shape index (κ2) is 6.74. The van der Waals surface area contributed by atoms with E-state index in [2.05, 4.69) is 15.9 Å². The number of hydrogen-bond acceptors (Lipinski definition) is 3. The number of ether oxygens (including phenoxy) is 1. The van der Waals surface area contributed by atoms with E-state index >= 15 is 0 Å². The Morgan fingerprint density at radius 1 is 1.00 bits per heavy atom. The molecule has 0 bridgehead atoms. The molecule has 0 aliphatic carbocycles. The lowest BCUT2D eigenvalue weighted by molar-refractivity contribution is 0.00578. The molecule has 1 aliphatic rings. The summed E-state index contributed by atoms with van der Waals surface area (Å²) in [6.45, 7) is 8.09. The Morgan fingerprint density at radius 2 is 1.60 bits per heavy atom. The molecule has 0 atom stereocenters. The quantitative estimate of drug-likeness (QED) is 0.701. The summed E-state index contributed by atoms with van der Waals surface area (Å²) in [6.07, 6.45) is 0. The third kappa shape index (κ3) is 3.61. The van der Waals surface area contributed by atoms with Crippen molar-refractivity contribution in [1.82, 2.24) is 0 Å². The van der Waals surface area contributed by atoms with Crippen LogP contribution >= 0.6 is 15.9 Å². The molecule has 1 fully saturated rings. The molecule has 3 nitrogen and oxygen atoms in total. The van der Waals surface area contributed by atoms with E-state index in [1.165, 1.54) is 0 Å². The molecule has 3 rings (SSSR count). The molecule has 6 heteroatoms. The molecule has 0 N–H and O–H groups in total. The first-order valence-corrected chi connectivity index (χ1v) is 9.01. The van der Waals surface area contributed by atoms with Gasteiger partial charge in [0, 0.05) is 0 Å². The number of rotatable bonds is 4. The van der Waals surface area contributed by atoms with Crippen molar-refractivity contribution in [2.45, 2.75) is 45.5 Å². The first-order chi connectivity index (χ1) is 11.7. The molecule has 2 aromatic carbocycles. The molecule has 0 radical (unpaired) electrons. The van der Waals surface area contributed by atoms with Gasteiger partial charge in [-0.15, -0.1) is 0 Å². The van der Waals surface area contributed by atoms with Crippen molar-refractivity contribution < 1.29 is 18.4 Å². The third-order valence-corrected chi connectivity index (χ3v) is 5.43.